The molecule has 0 radical (unpaired) electrons. The van der Waals surface area contributed by atoms with Crippen LogP contribution in [0.5, 0.6) is 0 Å². The standard InChI is InChI=1S/C18H21F3N2O4/c1-11(16(25)23-17(26)22-14-4-2-3-5-14)27-15(24)10-12-6-8-13(9-7-12)18(19,20)21/h6-9,11,14H,2-5,10H2,1H3,(H2,22,23,25,26). The summed E-state index contributed by atoms with van der Waals surface area (Å²) in [5.41, 5.74) is -0.500. The summed E-state index contributed by atoms with van der Waals surface area (Å²) in [6, 6.07) is 3.47. The number of halogens is 3. The molecule has 2 rings (SSSR count). The van der Waals surface area contributed by atoms with Crippen LogP contribution in [0.1, 0.15) is 43.7 Å². The summed E-state index contributed by atoms with van der Waals surface area (Å²) in [6.07, 6.45) is -2.18. The number of imide groups is 1. The molecule has 0 aromatic heterocycles. The summed E-state index contributed by atoms with van der Waals surface area (Å²) in [4.78, 5) is 35.5. The molecule has 1 atom stereocenters. The van der Waals surface area contributed by atoms with E-state index in [0.29, 0.717) is 5.56 Å². The molecule has 0 spiro atoms. The maximum Gasteiger partial charge on any atom is 0.416 e. The monoisotopic (exact) mass is 386 g/mol. The first kappa shape index (κ1) is 20.7. The maximum absolute atomic E-state index is 12.5. The zero-order chi connectivity index (χ0) is 20.0. The van der Waals surface area contributed by atoms with Crippen LogP contribution in [0.2, 0.25) is 0 Å². The summed E-state index contributed by atoms with van der Waals surface area (Å²) in [5, 5.41) is 4.78. The molecule has 1 saturated carbocycles. The third-order valence-corrected chi connectivity index (χ3v) is 4.23. The third kappa shape index (κ3) is 6.58. The Kier molecular flexibility index (Phi) is 6.81. The third-order valence-electron chi connectivity index (χ3n) is 4.23. The molecule has 148 valence electrons. The second-order valence-corrected chi connectivity index (χ2v) is 6.45. The lowest BCUT2D eigenvalue weighted by Gasteiger charge is -2.15. The molecule has 9 heteroatoms. The fourth-order valence-corrected chi connectivity index (χ4v) is 2.78. The maximum atomic E-state index is 12.5. The second-order valence-electron chi connectivity index (χ2n) is 6.45. The van der Waals surface area contributed by atoms with Crippen molar-refractivity contribution in [1.29, 1.82) is 0 Å². The number of rotatable bonds is 5. The molecule has 1 unspecified atom stereocenters. The lowest BCUT2D eigenvalue weighted by atomic mass is 10.1. The van der Waals surface area contributed by atoms with Crippen LogP contribution in [0.25, 0.3) is 0 Å². The van der Waals surface area contributed by atoms with Crippen molar-refractivity contribution in [2.45, 2.75) is 57.3 Å². The van der Waals surface area contributed by atoms with Gasteiger partial charge < -0.3 is 10.1 Å². The van der Waals surface area contributed by atoms with Gasteiger partial charge in [0.1, 0.15) is 0 Å². The molecule has 1 aromatic carbocycles. The van der Waals surface area contributed by atoms with E-state index in [2.05, 4.69) is 10.6 Å². The number of amides is 3. The Bertz CT molecular complexity index is 683. The van der Waals surface area contributed by atoms with Gasteiger partial charge in [-0.2, -0.15) is 13.2 Å². The molecule has 1 aliphatic carbocycles. The Morgan fingerprint density at radius 2 is 1.74 bits per heavy atom. The Morgan fingerprint density at radius 1 is 1.15 bits per heavy atom. The number of hydrogen-bond donors (Lipinski definition) is 2. The fourth-order valence-electron chi connectivity index (χ4n) is 2.78. The van der Waals surface area contributed by atoms with Gasteiger partial charge in [-0.3, -0.25) is 14.9 Å². The van der Waals surface area contributed by atoms with Crippen LogP contribution < -0.4 is 10.6 Å². The molecular weight excluding hydrogens is 365 g/mol. The van der Waals surface area contributed by atoms with Gasteiger partial charge in [0.05, 0.1) is 12.0 Å². The van der Waals surface area contributed by atoms with Crippen molar-refractivity contribution in [2.24, 2.45) is 0 Å². The molecule has 3 amide bonds. The molecule has 0 bridgehead atoms. The van der Waals surface area contributed by atoms with Gasteiger partial charge in [-0.15, -0.1) is 0 Å². The van der Waals surface area contributed by atoms with Gasteiger partial charge in [0.25, 0.3) is 5.91 Å². The molecule has 27 heavy (non-hydrogen) atoms. The van der Waals surface area contributed by atoms with Gasteiger partial charge in [0.2, 0.25) is 0 Å². The largest absolute Gasteiger partial charge is 0.452 e. The van der Waals surface area contributed by atoms with Gasteiger partial charge >= 0.3 is 18.2 Å². The minimum absolute atomic E-state index is 0.0373. The summed E-state index contributed by atoms with van der Waals surface area (Å²) < 4.78 is 42.5. The number of hydrogen-bond acceptors (Lipinski definition) is 4. The molecule has 1 fully saturated rings. The van der Waals surface area contributed by atoms with Crippen molar-refractivity contribution >= 4 is 17.9 Å². The number of carbonyl (C=O) groups excluding carboxylic acids is 3. The smallest absolute Gasteiger partial charge is 0.416 e. The summed E-state index contributed by atoms with van der Waals surface area (Å²) >= 11 is 0. The highest BCUT2D eigenvalue weighted by Crippen LogP contribution is 2.29. The minimum atomic E-state index is -4.45. The van der Waals surface area contributed by atoms with E-state index in [1.807, 2.05) is 0 Å². The fraction of sp³-hybridized carbons (Fsp3) is 0.500. The SMILES string of the molecule is CC(OC(=O)Cc1ccc(C(F)(F)F)cc1)C(=O)NC(=O)NC1CCCC1. The van der Waals surface area contributed by atoms with Crippen LogP contribution in [0.15, 0.2) is 24.3 Å². The van der Waals surface area contributed by atoms with Crippen molar-refractivity contribution in [3.8, 4) is 0 Å². The first-order valence-electron chi connectivity index (χ1n) is 8.62. The first-order valence-corrected chi connectivity index (χ1v) is 8.62. The summed E-state index contributed by atoms with van der Waals surface area (Å²) in [7, 11) is 0. The summed E-state index contributed by atoms with van der Waals surface area (Å²) in [5.74, 6) is -1.56. The Balaban J connectivity index is 1.78. The van der Waals surface area contributed by atoms with E-state index >= 15 is 0 Å². The highest BCUT2D eigenvalue weighted by Gasteiger charge is 2.30. The van der Waals surface area contributed by atoms with Crippen LogP contribution in [0.4, 0.5) is 18.0 Å². The molecule has 0 heterocycles. The number of benzene rings is 1. The molecule has 1 aromatic rings. The molecule has 2 N–H and O–H groups in total. The molecule has 0 saturated heterocycles. The van der Waals surface area contributed by atoms with E-state index in [0.717, 1.165) is 37.8 Å². The highest BCUT2D eigenvalue weighted by atomic mass is 19.4. The van der Waals surface area contributed by atoms with Gasteiger partial charge in [-0.1, -0.05) is 25.0 Å². The van der Waals surface area contributed by atoms with Crippen LogP contribution in [-0.4, -0.2) is 30.1 Å². The van der Waals surface area contributed by atoms with Gasteiger partial charge in [-0.05, 0) is 37.5 Å². The van der Waals surface area contributed by atoms with Gasteiger partial charge in [-0.25, -0.2) is 4.79 Å². The van der Waals surface area contributed by atoms with Crippen LogP contribution in [0.3, 0.4) is 0 Å². The van der Waals surface area contributed by atoms with E-state index in [9.17, 15) is 27.6 Å². The van der Waals surface area contributed by atoms with E-state index in [1.54, 1.807) is 0 Å². The van der Waals surface area contributed by atoms with E-state index in [4.69, 9.17) is 4.74 Å². The van der Waals surface area contributed by atoms with Crippen molar-refractivity contribution in [1.82, 2.24) is 10.6 Å². The topological polar surface area (TPSA) is 84.5 Å². The molecular formula is C18H21F3N2O4. The van der Waals surface area contributed by atoms with Gasteiger partial charge in [0.15, 0.2) is 6.10 Å². The van der Waals surface area contributed by atoms with Crippen LogP contribution in [-0.2, 0) is 26.9 Å². The van der Waals surface area contributed by atoms with Gasteiger partial charge in [0, 0.05) is 6.04 Å². The lowest BCUT2D eigenvalue weighted by Crippen LogP contribution is -2.47. The van der Waals surface area contributed by atoms with Crippen LogP contribution >= 0.6 is 0 Å². The van der Waals surface area contributed by atoms with E-state index in [-0.39, 0.29) is 12.5 Å². The number of nitrogens with one attached hydrogen (secondary N) is 2. The van der Waals surface area contributed by atoms with Crippen molar-refractivity contribution < 1.29 is 32.3 Å². The Hall–Kier alpha value is -2.58. The Labute approximate surface area is 154 Å². The van der Waals surface area contributed by atoms with E-state index < -0.39 is 35.8 Å². The molecule has 6 nitrogen and oxygen atoms in total. The van der Waals surface area contributed by atoms with Crippen molar-refractivity contribution in [3.05, 3.63) is 35.4 Å². The first-order chi connectivity index (χ1) is 12.6. The Morgan fingerprint density at radius 3 is 2.30 bits per heavy atom. The average molecular weight is 386 g/mol. The highest BCUT2D eigenvalue weighted by molar-refractivity contribution is 5.97. The number of carbonyl (C=O) groups is 3. The normalized spacial score (nSPS) is 15.9. The van der Waals surface area contributed by atoms with Crippen molar-refractivity contribution in [2.75, 3.05) is 0 Å². The lowest BCUT2D eigenvalue weighted by molar-refractivity contribution is -0.153. The average Bonchev–Trinajstić information content (AvgIpc) is 3.07. The zero-order valence-electron chi connectivity index (χ0n) is 14.8. The zero-order valence-corrected chi connectivity index (χ0v) is 14.8. The van der Waals surface area contributed by atoms with Crippen molar-refractivity contribution in [3.63, 3.8) is 0 Å². The number of urea groups is 1. The van der Waals surface area contributed by atoms with Crippen LogP contribution in [0, 0.1) is 0 Å². The minimum Gasteiger partial charge on any atom is -0.452 e. The second kappa shape index (κ2) is 8.88. The molecule has 0 aliphatic heterocycles. The predicted octanol–water partition coefficient (Wildman–Crippen LogP) is 2.95. The number of alkyl halides is 3. The summed E-state index contributed by atoms with van der Waals surface area (Å²) in [6.45, 7) is 1.31. The number of esters is 1. The van der Waals surface area contributed by atoms with E-state index in [1.165, 1.54) is 19.1 Å². The predicted molar refractivity (Wildman–Crippen MR) is 89.6 cm³/mol. The molecule has 1 aliphatic rings. The number of ether oxygens (including phenoxy) is 1. The quantitative estimate of drug-likeness (QED) is 0.762.